The Morgan fingerprint density at radius 1 is 1.63 bits per heavy atom. The number of carbonyl (C=O) groups is 1. The van der Waals surface area contributed by atoms with Crippen LogP contribution in [0.15, 0.2) is 36.9 Å². The first-order chi connectivity index (χ1) is 9.07. The Morgan fingerprint density at radius 3 is 2.95 bits per heavy atom. The van der Waals surface area contributed by atoms with Crippen molar-refractivity contribution in [2.45, 2.75) is 12.0 Å². The predicted molar refractivity (Wildman–Crippen MR) is 76.1 cm³/mol. The Balaban J connectivity index is 2.63. The number of likely N-dealkylation sites (tertiary alicyclic amines) is 1. The lowest BCUT2D eigenvalue weighted by molar-refractivity contribution is -0.155. The first kappa shape index (κ1) is 14.1. The zero-order chi connectivity index (χ0) is 14.0. The van der Waals surface area contributed by atoms with E-state index in [9.17, 15) is 4.79 Å². The monoisotopic (exact) mass is 279 g/mol. The van der Waals surface area contributed by atoms with Crippen LogP contribution in [0.4, 0.5) is 0 Å². The van der Waals surface area contributed by atoms with Gasteiger partial charge >= 0.3 is 5.97 Å². The fraction of sp³-hybridized carbons (Fsp3) is 0.400. The van der Waals surface area contributed by atoms with E-state index < -0.39 is 5.54 Å². The molecule has 102 valence electrons. The van der Waals surface area contributed by atoms with E-state index in [0.717, 1.165) is 18.5 Å². The minimum absolute atomic E-state index is 0.0171. The maximum atomic E-state index is 12.5. The quantitative estimate of drug-likeness (QED) is 0.629. The second-order valence-electron chi connectivity index (χ2n) is 4.82. The second-order valence-corrected chi connectivity index (χ2v) is 5.26. The Morgan fingerprint density at radius 2 is 2.37 bits per heavy atom. The van der Waals surface area contributed by atoms with E-state index in [0.29, 0.717) is 5.02 Å². The molecule has 2 rings (SSSR count). The fourth-order valence-electron chi connectivity index (χ4n) is 3.03. The van der Waals surface area contributed by atoms with Crippen molar-refractivity contribution in [3.63, 3.8) is 0 Å². The summed E-state index contributed by atoms with van der Waals surface area (Å²) >= 11 is 6.08. The van der Waals surface area contributed by atoms with Crippen LogP contribution in [0.1, 0.15) is 12.0 Å². The van der Waals surface area contributed by atoms with Crippen LogP contribution in [0.25, 0.3) is 0 Å². The molecule has 0 aliphatic carbocycles. The molecule has 0 N–H and O–H groups in total. The third-order valence-electron chi connectivity index (χ3n) is 3.96. The summed E-state index contributed by atoms with van der Waals surface area (Å²) in [6.07, 6.45) is 2.71. The molecule has 19 heavy (non-hydrogen) atoms. The zero-order valence-corrected chi connectivity index (χ0v) is 12.0. The van der Waals surface area contributed by atoms with E-state index >= 15 is 0 Å². The minimum atomic E-state index is -0.818. The van der Waals surface area contributed by atoms with Gasteiger partial charge in [-0.1, -0.05) is 29.8 Å². The van der Waals surface area contributed by atoms with Crippen LogP contribution in [0.3, 0.4) is 0 Å². The van der Waals surface area contributed by atoms with E-state index in [1.54, 1.807) is 6.07 Å². The molecule has 0 unspecified atom stereocenters. The van der Waals surface area contributed by atoms with Crippen LogP contribution in [-0.4, -0.2) is 31.6 Å². The van der Waals surface area contributed by atoms with Gasteiger partial charge in [0, 0.05) is 10.9 Å². The van der Waals surface area contributed by atoms with Gasteiger partial charge in [-0.2, -0.15) is 0 Å². The number of benzene rings is 1. The highest BCUT2D eigenvalue weighted by molar-refractivity contribution is 6.30. The molecule has 1 saturated heterocycles. The lowest BCUT2D eigenvalue weighted by Crippen LogP contribution is -2.50. The van der Waals surface area contributed by atoms with Gasteiger partial charge in [-0.25, -0.2) is 4.79 Å². The number of methoxy groups -OCH3 is 1. The van der Waals surface area contributed by atoms with Crippen LogP contribution < -0.4 is 0 Å². The van der Waals surface area contributed by atoms with Crippen LogP contribution in [0.2, 0.25) is 5.02 Å². The lowest BCUT2D eigenvalue weighted by atomic mass is 9.78. The number of hydrogen-bond acceptors (Lipinski definition) is 3. The Bertz CT molecular complexity index is 503. The van der Waals surface area contributed by atoms with Gasteiger partial charge in [-0.3, -0.25) is 4.90 Å². The van der Waals surface area contributed by atoms with Gasteiger partial charge < -0.3 is 4.74 Å². The number of halogens is 1. The first-order valence-electron chi connectivity index (χ1n) is 6.25. The molecular weight excluding hydrogens is 262 g/mol. The SMILES string of the molecule is C=C[C@H]1CCN(C)[C@]1(C(=O)OC)c1cccc(Cl)c1. The number of rotatable bonds is 3. The van der Waals surface area contributed by atoms with Gasteiger partial charge in [0.05, 0.1) is 7.11 Å². The number of nitrogens with zero attached hydrogens (tertiary/aromatic N) is 1. The maximum Gasteiger partial charge on any atom is 0.331 e. The van der Waals surface area contributed by atoms with Crippen LogP contribution in [0, 0.1) is 5.92 Å². The predicted octanol–water partition coefficient (Wildman–Crippen LogP) is 2.85. The van der Waals surface area contributed by atoms with E-state index in [2.05, 4.69) is 6.58 Å². The summed E-state index contributed by atoms with van der Waals surface area (Å²) in [6, 6.07) is 7.40. The molecule has 0 spiro atoms. The number of likely N-dealkylation sites (N-methyl/N-ethyl adjacent to an activating group) is 1. The molecule has 3 nitrogen and oxygen atoms in total. The topological polar surface area (TPSA) is 29.5 Å². The molecule has 1 aliphatic rings. The van der Waals surface area contributed by atoms with Crippen molar-refractivity contribution < 1.29 is 9.53 Å². The lowest BCUT2D eigenvalue weighted by Gasteiger charge is -2.37. The Hall–Kier alpha value is -1.32. The van der Waals surface area contributed by atoms with Crippen molar-refractivity contribution in [2.24, 2.45) is 5.92 Å². The van der Waals surface area contributed by atoms with E-state index in [1.165, 1.54) is 7.11 Å². The molecule has 1 aromatic carbocycles. The molecule has 1 fully saturated rings. The molecule has 0 radical (unpaired) electrons. The molecule has 1 aliphatic heterocycles. The summed E-state index contributed by atoms with van der Waals surface area (Å²) in [7, 11) is 3.35. The summed E-state index contributed by atoms with van der Waals surface area (Å²) < 4.78 is 5.06. The first-order valence-corrected chi connectivity index (χ1v) is 6.63. The van der Waals surface area contributed by atoms with Crippen LogP contribution in [0.5, 0.6) is 0 Å². The van der Waals surface area contributed by atoms with Crippen LogP contribution in [-0.2, 0) is 15.1 Å². The second kappa shape index (κ2) is 5.35. The number of hydrogen-bond donors (Lipinski definition) is 0. The average Bonchev–Trinajstić information content (AvgIpc) is 2.75. The summed E-state index contributed by atoms with van der Waals surface area (Å²) in [5.74, 6) is -0.247. The van der Waals surface area contributed by atoms with Crippen molar-refractivity contribution in [3.8, 4) is 0 Å². The highest BCUT2D eigenvalue weighted by Crippen LogP contribution is 2.44. The molecular formula is C15H18ClNO2. The molecule has 0 saturated carbocycles. The van der Waals surface area contributed by atoms with Crippen molar-refractivity contribution in [1.29, 1.82) is 0 Å². The molecule has 1 heterocycles. The summed E-state index contributed by atoms with van der Waals surface area (Å²) in [5.41, 5.74) is 0.0400. The highest BCUT2D eigenvalue weighted by atomic mass is 35.5. The third kappa shape index (κ3) is 2.07. The van der Waals surface area contributed by atoms with E-state index in [-0.39, 0.29) is 11.9 Å². The highest BCUT2D eigenvalue weighted by Gasteiger charge is 2.54. The largest absolute Gasteiger partial charge is 0.467 e. The maximum absolute atomic E-state index is 12.5. The van der Waals surface area contributed by atoms with Crippen molar-refractivity contribution in [1.82, 2.24) is 4.90 Å². The van der Waals surface area contributed by atoms with Gasteiger partial charge in [0.15, 0.2) is 5.54 Å². The molecule has 2 atom stereocenters. The number of ether oxygens (including phenoxy) is 1. The van der Waals surface area contributed by atoms with Gasteiger partial charge in [0.25, 0.3) is 0 Å². The Kier molecular flexibility index (Phi) is 3.97. The Labute approximate surface area is 118 Å². The summed E-state index contributed by atoms with van der Waals surface area (Å²) in [5, 5.41) is 0.615. The smallest absolute Gasteiger partial charge is 0.331 e. The van der Waals surface area contributed by atoms with Crippen molar-refractivity contribution >= 4 is 17.6 Å². The fourth-order valence-corrected chi connectivity index (χ4v) is 3.22. The van der Waals surface area contributed by atoms with Crippen molar-refractivity contribution in [2.75, 3.05) is 20.7 Å². The third-order valence-corrected chi connectivity index (χ3v) is 4.20. The average molecular weight is 280 g/mol. The molecule has 1 aromatic rings. The van der Waals surface area contributed by atoms with Gasteiger partial charge in [0.2, 0.25) is 0 Å². The normalized spacial score (nSPS) is 27.2. The van der Waals surface area contributed by atoms with Gasteiger partial charge in [-0.05, 0) is 37.7 Å². The molecule has 0 bridgehead atoms. The minimum Gasteiger partial charge on any atom is -0.467 e. The number of esters is 1. The standard InChI is InChI=1S/C15H18ClNO2/c1-4-11-8-9-17(2)15(11,14(18)19-3)12-6-5-7-13(16)10-12/h4-7,10-11H,1,8-9H2,2-3H3/t11-,15-/m0/s1. The molecule has 0 amide bonds. The number of carbonyl (C=O) groups excluding carboxylic acids is 1. The molecule has 0 aromatic heterocycles. The van der Waals surface area contributed by atoms with Crippen LogP contribution >= 0.6 is 11.6 Å². The van der Waals surface area contributed by atoms with E-state index in [4.69, 9.17) is 16.3 Å². The summed E-state index contributed by atoms with van der Waals surface area (Å²) in [4.78, 5) is 14.5. The zero-order valence-electron chi connectivity index (χ0n) is 11.2. The van der Waals surface area contributed by atoms with E-state index in [1.807, 2.05) is 36.2 Å². The van der Waals surface area contributed by atoms with Gasteiger partial charge in [0.1, 0.15) is 0 Å². The van der Waals surface area contributed by atoms with Gasteiger partial charge in [-0.15, -0.1) is 6.58 Å². The van der Waals surface area contributed by atoms with Crippen molar-refractivity contribution in [3.05, 3.63) is 47.5 Å². The summed E-state index contributed by atoms with van der Waals surface area (Å²) in [6.45, 7) is 4.69. The molecule has 4 heteroatoms.